The Labute approximate surface area is 332 Å². The van der Waals surface area contributed by atoms with Crippen LogP contribution in [-0.4, -0.2) is 9.97 Å². The minimum atomic E-state index is -0.112. The van der Waals surface area contributed by atoms with E-state index in [1.54, 1.807) is 0 Å². The van der Waals surface area contributed by atoms with E-state index in [1.807, 2.05) is 6.07 Å². The molecule has 0 N–H and O–H groups in total. The van der Waals surface area contributed by atoms with Gasteiger partial charge >= 0.3 is 0 Å². The average Bonchev–Trinajstić information content (AvgIpc) is 3.51. The fourth-order valence-electron chi connectivity index (χ4n) is 9.21. The lowest BCUT2D eigenvalue weighted by Crippen LogP contribution is -2.15. The summed E-state index contributed by atoms with van der Waals surface area (Å²) in [5.74, 6) is 0.713. The Bertz CT molecular complexity index is 3210. The van der Waals surface area contributed by atoms with Crippen molar-refractivity contribution >= 4 is 32.3 Å². The summed E-state index contributed by atoms with van der Waals surface area (Å²) in [5.41, 5.74) is 15.1. The van der Waals surface area contributed by atoms with Gasteiger partial charge in [-0.1, -0.05) is 178 Å². The molecule has 0 atom stereocenters. The van der Waals surface area contributed by atoms with Gasteiger partial charge in [-0.25, -0.2) is 9.97 Å². The van der Waals surface area contributed by atoms with Gasteiger partial charge in [0, 0.05) is 22.1 Å². The van der Waals surface area contributed by atoms with Gasteiger partial charge in [0.05, 0.1) is 11.4 Å². The standard InChI is InChI=1S/C55H38N2/c1-55(2)50-33-40(26-27-47(50)48-28-25-36-14-8-9-20-44(36)53(48)55)39-18-12-19-41(31-39)43-29-30-49(46-22-11-10-21-45(43)46)54-56-51(37-15-4-3-5-16-37)34-52(57-54)42-24-23-35-13-6-7-17-38(35)32-42/h3-34H,1-2H3. The summed E-state index contributed by atoms with van der Waals surface area (Å²) in [6.45, 7) is 4.75. The highest BCUT2D eigenvalue weighted by Gasteiger charge is 2.37. The molecule has 0 spiro atoms. The first-order chi connectivity index (χ1) is 28.0. The third kappa shape index (κ3) is 5.48. The Morgan fingerprint density at radius 1 is 0.333 bits per heavy atom. The third-order valence-corrected chi connectivity index (χ3v) is 12.0. The molecule has 0 radical (unpaired) electrons. The summed E-state index contributed by atoms with van der Waals surface area (Å²) in [5, 5.41) is 7.34. The number of aromatic nitrogens is 2. The number of rotatable bonds is 5. The summed E-state index contributed by atoms with van der Waals surface area (Å²) in [6.07, 6.45) is 0. The van der Waals surface area contributed by atoms with Gasteiger partial charge in [0.25, 0.3) is 0 Å². The zero-order valence-corrected chi connectivity index (χ0v) is 31.9. The van der Waals surface area contributed by atoms with Crippen LogP contribution in [0.4, 0.5) is 0 Å². The Morgan fingerprint density at radius 3 is 1.72 bits per heavy atom. The maximum absolute atomic E-state index is 5.27. The van der Waals surface area contributed by atoms with Crippen molar-refractivity contribution in [1.29, 1.82) is 0 Å². The monoisotopic (exact) mass is 726 g/mol. The Kier molecular flexibility index (Phi) is 7.55. The van der Waals surface area contributed by atoms with Crippen molar-refractivity contribution in [3.63, 3.8) is 0 Å². The first kappa shape index (κ1) is 33.2. The molecule has 11 rings (SSSR count). The van der Waals surface area contributed by atoms with Crippen LogP contribution in [-0.2, 0) is 5.41 Å². The van der Waals surface area contributed by atoms with E-state index in [1.165, 1.54) is 71.4 Å². The highest BCUT2D eigenvalue weighted by atomic mass is 14.9. The summed E-state index contributed by atoms with van der Waals surface area (Å²) < 4.78 is 0. The van der Waals surface area contributed by atoms with Crippen LogP contribution in [0.1, 0.15) is 25.0 Å². The number of benzene rings is 9. The smallest absolute Gasteiger partial charge is 0.161 e. The molecule has 268 valence electrons. The van der Waals surface area contributed by atoms with Gasteiger partial charge in [-0.15, -0.1) is 0 Å². The molecule has 0 fully saturated rings. The van der Waals surface area contributed by atoms with Gasteiger partial charge in [-0.3, -0.25) is 0 Å². The topological polar surface area (TPSA) is 25.8 Å². The van der Waals surface area contributed by atoms with Crippen molar-refractivity contribution in [2.75, 3.05) is 0 Å². The van der Waals surface area contributed by atoms with Crippen molar-refractivity contribution in [2.45, 2.75) is 19.3 Å². The predicted octanol–water partition coefficient (Wildman–Crippen LogP) is 14.6. The van der Waals surface area contributed by atoms with Crippen molar-refractivity contribution in [3.8, 4) is 67.3 Å². The molecule has 1 aromatic heterocycles. The van der Waals surface area contributed by atoms with Crippen LogP contribution in [0, 0.1) is 0 Å². The zero-order chi connectivity index (χ0) is 38.1. The summed E-state index contributed by atoms with van der Waals surface area (Å²) >= 11 is 0. The van der Waals surface area contributed by atoms with Crippen molar-refractivity contribution in [3.05, 3.63) is 205 Å². The lowest BCUT2D eigenvalue weighted by atomic mass is 9.79. The number of fused-ring (bicyclic) bond motifs is 7. The largest absolute Gasteiger partial charge is 0.228 e. The van der Waals surface area contributed by atoms with E-state index in [-0.39, 0.29) is 5.41 Å². The molecule has 0 unspecified atom stereocenters. The zero-order valence-electron chi connectivity index (χ0n) is 31.9. The van der Waals surface area contributed by atoms with Gasteiger partial charge in [0.1, 0.15) is 0 Å². The minimum Gasteiger partial charge on any atom is -0.228 e. The molecule has 0 saturated heterocycles. The normalized spacial score (nSPS) is 12.9. The van der Waals surface area contributed by atoms with Gasteiger partial charge < -0.3 is 0 Å². The predicted molar refractivity (Wildman–Crippen MR) is 239 cm³/mol. The molecule has 10 aromatic rings. The lowest BCUT2D eigenvalue weighted by molar-refractivity contribution is 0.666. The van der Waals surface area contributed by atoms with Crippen LogP contribution < -0.4 is 0 Å². The molecule has 0 saturated carbocycles. The number of hydrogen-bond acceptors (Lipinski definition) is 2. The molecule has 2 nitrogen and oxygen atoms in total. The van der Waals surface area contributed by atoms with Crippen LogP contribution in [0.2, 0.25) is 0 Å². The fraction of sp³-hybridized carbons (Fsp3) is 0.0545. The molecular formula is C55H38N2. The molecule has 1 heterocycles. The first-order valence-corrected chi connectivity index (χ1v) is 19.7. The molecule has 2 heteroatoms. The summed E-state index contributed by atoms with van der Waals surface area (Å²) in [7, 11) is 0. The highest BCUT2D eigenvalue weighted by Crippen LogP contribution is 2.52. The van der Waals surface area contributed by atoms with Crippen LogP contribution in [0.5, 0.6) is 0 Å². The minimum absolute atomic E-state index is 0.112. The van der Waals surface area contributed by atoms with E-state index in [0.29, 0.717) is 5.82 Å². The summed E-state index contributed by atoms with van der Waals surface area (Å²) in [6, 6.07) is 70.1. The number of hydrogen-bond donors (Lipinski definition) is 0. The SMILES string of the molecule is CC1(C)c2cc(-c3cccc(-c4ccc(-c5nc(-c6ccccc6)cc(-c6ccc7ccccc7c6)n5)c5ccccc45)c3)ccc2-c2ccc3ccccc3c21. The van der Waals surface area contributed by atoms with Gasteiger partial charge in [0.15, 0.2) is 5.82 Å². The van der Waals surface area contributed by atoms with Gasteiger partial charge in [-0.2, -0.15) is 0 Å². The Hall–Kier alpha value is -7.16. The van der Waals surface area contributed by atoms with Crippen molar-refractivity contribution in [1.82, 2.24) is 9.97 Å². The van der Waals surface area contributed by atoms with Crippen molar-refractivity contribution in [2.24, 2.45) is 0 Å². The quantitative estimate of drug-likeness (QED) is 0.176. The van der Waals surface area contributed by atoms with E-state index in [4.69, 9.17) is 9.97 Å². The summed E-state index contributed by atoms with van der Waals surface area (Å²) in [4.78, 5) is 10.5. The molecular weight excluding hydrogens is 689 g/mol. The average molecular weight is 727 g/mol. The van der Waals surface area contributed by atoms with E-state index in [2.05, 4.69) is 202 Å². The highest BCUT2D eigenvalue weighted by molar-refractivity contribution is 6.05. The second kappa shape index (κ2) is 13.0. The first-order valence-electron chi connectivity index (χ1n) is 19.7. The van der Waals surface area contributed by atoms with E-state index in [9.17, 15) is 0 Å². The van der Waals surface area contributed by atoms with Crippen LogP contribution in [0.3, 0.4) is 0 Å². The van der Waals surface area contributed by atoms with Crippen molar-refractivity contribution < 1.29 is 0 Å². The maximum atomic E-state index is 5.27. The van der Waals surface area contributed by atoms with Gasteiger partial charge in [0.2, 0.25) is 0 Å². The van der Waals surface area contributed by atoms with Crippen LogP contribution in [0.15, 0.2) is 194 Å². The molecule has 57 heavy (non-hydrogen) atoms. The molecule has 0 amide bonds. The van der Waals surface area contributed by atoms with Crippen LogP contribution in [0.25, 0.3) is 99.6 Å². The molecule has 1 aliphatic carbocycles. The molecule has 1 aliphatic rings. The Balaban J connectivity index is 1.01. The second-order valence-electron chi connectivity index (χ2n) is 15.8. The van der Waals surface area contributed by atoms with E-state index < -0.39 is 0 Å². The second-order valence-corrected chi connectivity index (χ2v) is 15.8. The lowest BCUT2D eigenvalue weighted by Gasteiger charge is -2.23. The Morgan fingerprint density at radius 2 is 0.895 bits per heavy atom. The fourth-order valence-corrected chi connectivity index (χ4v) is 9.21. The van der Waals surface area contributed by atoms with Gasteiger partial charge in [-0.05, 0) is 107 Å². The van der Waals surface area contributed by atoms with E-state index in [0.717, 1.165) is 33.5 Å². The number of nitrogens with zero attached hydrogens (tertiary/aromatic N) is 2. The third-order valence-electron chi connectivity index (χ3n) is 12.0. The molecule has 0 aliphatic heterocycles. The molecule has 0 bridgehead atoms. The van der Waals surface area contributed by atoms with Crippen LogP contribution >= 0.6 is 0 Å². The van der Waals surface area contributed by atoms with E-state index >= 15 is 0 Å². The molecule has 9 aromatic carbocycles. The maximum Gasteiger partial charge on any atom is 0.161 e.